The van der Waals surface area contributed by atoms with E-state index in [1.54, 1.807) is 29.2 Å². The van der Waals surface area contributed by atoms with Crippen LogP contribution in [0.3, 0.4) is 0 Å². The SMILES string of the molecule is CC1CCN(C(=O)c2cc(C(=O)Nc3cc(Cl)ccc3Cl)ccn2)CC1. The largest absolute Gasteiger partial charge is 0.337 e. The van der Waals surface area contributed by atoms with Crippen LogP contribution in [0, 0.1) is 5.92 Å². The van der Waals surface area contributed by atoms with Crippen LogP contribution in [0.15, 0.2) is 36.5 Å². The Labute approximate surface area is 162 Å². The summed E-state index contributed by atoms with van der Waals surface area (Å²) < 4.78 is 0. The standard InChI is InChI=1S/C19H19Cl2N3O2/c1-12-5-8-24(9-6-12)19(26)17-10-13(4-7-22-17)18(25)23-16-11-14(20)2-3-15(16)21/h2-4,7,10-12H,5-6,8-9H2,1H3,(H,23,25). The van der Waals surface area contributed by atoms with Gasteiger partial charge in [0, 0.05) is 29.9 Å². The molecule has 1 aliphatic heterocycles. The van der Waals surface area contributed by atoms with Crippen molar-refractivity contribution >= 4 is 40.7 Å². The lowest BCUT2D eigenvalue weighted by atomic mass is 9.99. The number of pyridine rings is 1. The number of nitrogens with one attached hydrogen (secondary N) is 1. The van der Waals surface area contributed by atoms with Crippen LogP contribution in [0.25, 0.3) is 0 Å². The summed E-state index contributed by atoms with van der Waals surface area (Å²) in [5, 5.41) is 3.56. The minimum Gasteiger partial charge on any atom is -0.337 e. The van der Waals surface area contributed by atoms with E-state index in [-0.39, 0.29) is 17.5 Å². The average molecular weight is 392 g/mol. The molecule has 3 rings (SSSR count). The van der Waals surface area contributed by atoms with Crippen LogP contribution >= 0.6 is 23.2 Å². The molecule has 0 atom stereocenters. The molecule has 26 heavy (non-hydrogen) atoms. The van der Waals surface area contributed by atoms with Crippen LogP contribution in [-0.2, 0) is 0 Å². The van der Waals surface area contributed by atoms with Crippen LogP contribution < -0.4 is 5.32 Å². The van der Waals surface area contributed by atoms with Gasteiger partial charge in [0.2, 0.25) is 0 Å². The summed E-state index contributed by atoms with van der Waals surface area (Å²) in [6, 6.07) is 7.89. The molecule has 7 heteroatoms. The zero-order valence-electron chi connectivity index (χ0n) is 14.3. The topological polar surface area (TPSA) is 62.3 Å². The van der Waals surface area contributed by atoms with Gasteiger partial charge in [0.05, 0.1) is 10.7 Å². The number of halogens is 2. The number of hydrogen-bond donors (Lipinski definition) is 1. The smallest absolute Gasteiger partial charge is 0.272 e. The average Bonchev–Trinajstić information content (AvgIpc) is 2.65. The molecule has 0 radical (unpaired) electrons. The van der Waals surface area contributed by atoms with E-state index in [0.29, 0.717) is 27.2 Å². The number of anilines is 1. The Morgan fingerprint density at radius 2 is 1.88 bits per heavy atom. The van der Waals surface area contributed by atoms with E-state index in [4.69, 9.17) is 23.2 Å². The van der Waals surface area contributed by atoms with Crippen LogP contribution in [-0.4, -0.2) is 34.8 Å². The number of carbonyl (C=O) groups excluding carboxylic acids is 2. The van der Waals surface area contributed by atoms with E-state index in [1.165, 1.54) is 12.3 Å². The highest BCUT2D eigenvalue weighted by molar-refractivity contribution is 6.35. The van der Waals surface area contributed by atoms with Gasteiger partial charge in [-0.3, -0.25) is 14.6 Å². The van der Waals surface area contributed by atoms with Gasteiger partial charge in [-0.15, -0.1) is 0 Å². The van der Waals surface area contributed by atoms with E-state index >= 15 is 0 Å². The lowest BCUT2D eigenvalue weighted by molar-refractivity contribution is 0.0691. The molecule has 0 saturated carbocycles. The maximum absolute atomic E-state index is 12.6. The summed E-state index contributed by atoms with van der Waals surface area (Å²) >= 11 is 12.0. The summed E-state index contributed by atoms with van der Waals surface area (Å²) in [4.78, 5) is 31.1. The lowest BCUT2D eigenvalue weighted by Crippen LogP contribution is -2.38. The molecule has 2 amide bonds. The Kier molecular flexibility index (Phi) is 5.79. The fourth-order valence-corrected chi connectivity index (χ4v) is 3.19. The van der Waals surface area contributed by atoms with Gasteiger partial charge >= 0.3 is 0 Å². The highest BCUT2D eigenvalue weighted by atomic mass is 35.5. The van der Waals surface area contributed by atoms with Gasteiger partial charge in [-0.2, -0.15) is 0 Å². The van der Waals surface area contributed by atoms with Gasteiger partial charge in [-0.25, -0.2) is 0 Å². The first-order valence-corrected chi connectivity index (χ1v) is 9.21. The third kappa shape index (κ3) is 4.34. The third-order valence-corrected chi connectivity index (χ3v) is 5.05. The second-order valence-corrected chi connectivity index (χ2v) is 7.33. The minimum atomic E-state index is -0.377. The monoisotopic (exact) mass is 391 g/mol. The Hall–Kier alpha value is -2.11. The normalized spacial score (nSPS) is 15.0. The predicted molar refractivity (Wildman–Crippen MR) is 103 cm³/mol. The van der Waals surface area contributed by atoms with Crippen molar-refractivity contribution in [2.24, 2.45) is 5.92 Å². The highest BCUT2D eigenvalue weighted by Gasteiger charge is 2.23. The summed E-state index contributed by atoms with van der Waals surface area (Å²) in [5.74, 6) is 0.108. The van der Waals surface area contributed by atoms with Crippen molar-refractivity contribution in [2.75, 3.05) is 18.4 Å². The van der Waals surface area contributed by atoms with E-state index in [2.05, 4.69) is 17.2 Å². The summed E-state index contributed by atoms with van der Waals surface area (Å²) in [7, 11) is 0. The first-order chi connectivity index (χ1) is 12.4. The molecule has 136 valence electrons. The Bertz CT molecular complexity index is 833. The zero-order valence-corrected chi connectivity index (χ0v) is 15.8. The molecule has 2 heterocycles. The summed E-state index contributed by atoms with van der Waals surface area (Å²) in [5.41, 5.74) is 1.02. The molecule has 1 saturated heterocycles. The van der Waals surface area contributed by atoms with Crippen LogP contribution in [0.5, 0.6) is 0 Å². The fourth-order valence-electron chi connectivity index (χ4n) is 2.85. The lowest BCUT2D eigenvalue weighted by Gasteiger charge is -2.30. The molecule has 1 fully saturated rings. The number of benzene rings is 1. The molecule has 1 aromatic heterocycles. The number of piperidine rings is 1. The predicted octanol–water partition coefficient (Wildman–Crippen LogP) is 4.51. The zero-order chi connectivity index (χ0) is 18.7. The second-order valence-electron chi connectivity index (χ2n) is 6.48. The van der Waals surface area contributed by atoms with Crippen molar-refractivity contribution in [1.29, 1.82) is 0 Å². The van der Waals surface area contributed by atoms with Gasteiger partial charge in [0.15, 0.2) is 0 Å². The van der Waals surface area contributed by atoms with Crippen molar-refractivity contribution in [3.63, 3.8) is 0 Å². The van der Waals surface area contributed by atoms with Gasteiger partial charge < -0.3 is 10.2 Å². The number of aromatic nitrogens is 1. The number of nitrogens with zero attached hydrogens (tertiary/aromatic N) is 2. The van der Waals surface area contributed by atoms with E-state index in [0.717, 1.165) is 25.9 Å². The van der Waals surface area contributed by atoms with Gasteiger partial charge in [0.25, 0.3) is 11.8 Å². The van der Waals surface area contributed by atoms with E-state index < -0.39 is 0 Å². The molecule has 2 aromatic rings. The van der Waals surface area contributed by atoms with Crippen molar-refractivity contribution in [3.8, 4) is 0 Å². The van der Waals surface area contributed by atoms with Gasteiger partial charge in [-0.05, 0) is 49.1 Å². The van der Waals surface area contributed by atoms with Crippen molar-refractivity contribution in [3.05, 3.63) is 57.8 Å². The number of hydrogen-bond acceptors (Lipinski definition) is 3. The number of carbonyl (C=O) groups is 2. The molecule has 1 aromatic carbocycles. The maximum Gasteiger partial charge on any atom is 0.272 e. The molecular formula is C19H19Cl2N3O2. The summed E-state index contributed by atoms with van der Waals surface area (Å²) in [6.07, 6.45) is 3.44. The van der Waals surface area contributed by atoms with Gasteiger partial charge in [-0.1, -0.05) is 30.1 Å². The third-order valence-electron chi connectivity index (χ3n) is 4.49. The Morgan fingerprint density at radius 3 is 2.62 bits per heavy atom. The summed E-state index contributed by atoms with van der Waals surface area (Å²) in [6.45, 7) is 3.62. The molecule has 0 spiro atoms. The quantitative estimate of drug-likeness (QED) is 0.836. The van der Waals surface area contributed by atoms with Crippen LogP contribution in [0.4, 0.5) is 5.69 Å². The van der Waals surface area contributed by atoms with E-state index in [9.17, 15) is 9.59 Å². The molecule has 1 N–H and O–H groups in total. The van der Waals surface area contributed by atoms with Crippen molar-refractivity contribution in [2.45, 2.75) is 19.8 Å². The van der Waals surface area contributed by atoms with Crippen molar-refractivity contribution < 1.29 is 9.59 Å². The fraction of sp³-hybridized carbons (Fsp3) is 0.316. The Morgan fingerprint density at radius 1 is 1.15 bits per heavy atom. The molecular weight excluding hydrogens is 373 g/mol. The Balaban J connectivity index is 1.75. The number of amides is 2. The van der Waals surface area contributed by atoms with Crippen LogP contribution in [0.1, 0.15) is 40.6 Å². The van der Waals surface area contributed by atoms with Crippen molar-refractivity contribution in [1.82, 2.24) is 9.88 Å². The molecule has 1 aliphatic rings. The van der Waals surface area contributed by atoms with E-state index in [1.807, 2.05) is 0 Å². The highest BCUT2D eigenvalue weighted by Crippen LogP contribution is 2.26. The minimum absolute atomic E-state index is 0.146. The first-order valence-electron chi connectivity index (χ1n) is 8.46. The first kappa shape index (κ1) is 18.7. The van der Waals surface area contributed by atoms with Crippen LogP contribution in [0.2, 0.25) is 10.0 Å². The van der Waals surface area contributed by atoms with Gasteiger partial charge in [0.1, 0.15) is 5.69 Å². The molecule has 5 nitrogen and oxygen atoms in total. The number of rotatable bonds is 3. The molecule has 0 bridgehead atoms. The molecule has 0 aliphatic carbocycles. The molecule has 0 unspecified atom stereocenters. The number of likely N-dealkylation sites (tertiary alicyclic amines) is 1. The maximum atomic E-state index is 12.6. The second kappa shape index (κ2) is 8.06.